The lowest BCUT2D eigenvalue weighted by atomic mass is 10.1. The summed E-state index contributed by atoms with van der Waals surface area (Å²) < 4.78 is 17.0. The molecule has 1 heterocycles. The molecule has 6 heteroatoms. The molecule has 6 nitrogen and oxygen atoms in total. The minimum atomic E-state index is -0.205. The molecule has 0 saturated carbocycles. The van der Waals surface area contributed by atoms with E-state index in [1.54, 1.807) is 18.2 Å². The van der Waals surface area contributed by atoms with Gasteiger partial charge in [0, 0.05) is 12.3 Å². The minimum Gasteiger partial charge on any atom is -0.494 e. The number of aromatic nitrogens is 1. The lowest BCUT2D eigenvalue weighted by Gasteiger charge is -2.14. The number of pyridine rings is 1. The molecule has 0 aliphatic heterocycles. The van der Waals surface area contributed by atoms with Crippen molar-refractivity contribution in [2.45, 2.75) is 40.2 Å². The molecule has 1 N–H and O–H groups in total. The van der Waals surface area contributed by atoms with Gasteiger partial charge in [-0.1, -0.05) is 6.92 Å². The summed E-state index contributed by atoms with van der Waals surface area (Å²) in [7, 11) is 0. The second-order valence-corrected chi connectivity index (χ2v) is 7.37. The molecule has 1 amide bonds. The normalized spacial score (nSPS) is 11.6. The Hall–Kier alpha value is -3.38. The van der Waals surface area contributed by atoms with Gasteiger partial charge in [-0.3, -0.25) is 9.78 Å². The molecule has 0 bridgehead atoms. The van der Waals surface area contributed by atoms with E-state index in [2.05, 4.69) is 17.2 Å². The van der Waals surface area contributed by atoms with Gasteiger partial charge in [-0.05, 0) is 87.9 Å². The van der Waals surface area contributed by atoms with Crippen molar-refractivity contribution in [2.24, 2.45) is 0 Å². The van der Waals surface area contributed by atoms with E-state index >= 15 is 0 Å². The molecule has 32 heavy (non-hydrogen) atoms. The second-order valence-electron chi connectivity index (χ2n) is 7.37. The number of nitrogens with zero attached hydrogens (tertiary/aromatic N) is 1. The van der Waals surface area contributed by atoms with E-state index < -0.39 is 0 Å². The van der Waals surface area contributed by atoms with E-state index in [0.717, 1.165) is 17.9 Å². The highest BCUT2D eigenvalue weighted by molar-refractivity contribution is 6.05. The van der Waals surface area contributed by atoms with Crippen LogP contribution < -0.4 is 14.8 Å². The van der Waals surface area contributed by atoms with Gasteiger partial charge >= 0.3 is 0 Å². The smallest absolute Gasteiger partial charge is 0.257 e. The molecule has 0 aliphatic rings. The van der Waals surface area contributed by atoms with Crippen molar-refractivity contribution in [2.75, 3.05) is 18.5 Å². The molecule has 3 rings (SSSR count). The van der Waals surface area contributed by atoms with Crippen molar-refractivity contribution in [3.8, 4) is 17.2 Å². The highest BCUT2D eigenvalue weighted by Gasteiger charge is 2.14. The fraction of sp³-hybridized carbons (Fsp3) is 0.308. The quantitative estimate of drug-likeness (QED) is 0.404. The van der Waals surface area contributed by atoms with Crippen molar-refractivity contribution in [3.05, 3.63) is 77.6 Å². The number of carbonyl (C=O) groups is 1. The molecule has 1 unspecified atom stereocenters. The summed E-state index contributed by atoms with van der Waals surface area (Å²) in [4.78, 5) is 17.3. The van der Waals surface area contributed by atoms with E-state index in [0.29, 0.717) is 41.7 Å². The SMILES string of the molecule is CCCOC(C)c1ccc(C(=O)Nc2ccc(Oc3ccc(OCC)cc3)cc2)c(C)n1. The lowest BCUT2D eigenvalue weighted by Crippen LogP contribution is -2.15. The number of hydrogen-bond acceptors (Lipinski definition) is 5. The van der Waals surface area contributed by atoms with Crippen molar-refractivity contribution >= 4 is 11.6 Å². The lowest BCUT2D eigenvalue weighted by molar-refractivity contribution is 0.0632. The van der Waals surface area contributed by atoms with Crippen LogP contribution in [-0.2, 0) is 4.74 Å². The van der Waals surface area contributed by atoms with Gasteiger partial charge in [0.05, 0.1) is 29.7 Å². The maximum absolute atomic E-state index is 12.7. The number of anilines is 1. The minimum absolute atomic E-state index is 0.103. The molecule has 0 spiro atoms. The molecular formula is C26H30N2O4. The first-order valence-corrected chi connectivity index (χ1v) is 10.9. The first-order valence-electron chi connectivity index (χ1n) is 10.9. The Kier molecular flexibility index (Phi) is 8.22. The molecular weight excluding hydrogens is 404 g/mol. The summed E-state index contributed by atoms with van der Waals surface area (Å²) in [6, 6.07) is 18.3. The van der Waals surface area contributed by atoms with Crippen LogP contribution in [0.4, 0.5) is 5.69 Å². The first-order chi connectivity index (χ1) is 15.5. The average Bonchev–Trinajstić information content (AvgIpc) is 2.80. The highest BCUT2D eigenvalue weighted by atomic mass is 16.5. The van der Waals surface area contributed by atoms with Gasteiger partial charge in [-0.2, -0.15) is 0 Å². The number of hydrogen-bond donors (Lipinski definition) is 1. The number of ether oxygens (including phenoxy) is 3. The third-order valence-corrected chi connectivity index (χ3v) is 4.82. The first kappa shape index (κ1) is 23.3. The average molecular weight is 435 g/mol. The maximum Gasteiger partial charge on any atom is 0.257 e. The van der Waals surface area contributed by atoms with E-state index in [4.69, 9.17) is 14.2 Å². The van der Waals surface area contributed by atoms with Crippen LogP contribution in [0.15, 0.2) is 60.7 Å². The summed E-state index contributed by atoms with van der Waals surface area (Å²) in [5, 5.41) is 2.91. The van der Waals surface area contributed by atoms with Crippen LogP contribution in [0.1, 0.15) is 55.0 Å². The maximum atomic E-state index is 12.7. The van der Waals surface area contributed by atoms with Gasteiger partial charge in [-0.25, -0.2) is 0 Å². The Morgan fingerprint density at radius 3 is 2.16 bits per heavy atom. The zero-order chi connectivity index (χ0) is 22.9. The zero-order valence-electron chi connectivity index (χ0n) is 19.1. The fourth-order valence-corrected chi connectivity index (χ4v) is 3.14. The van der Waals surface area contributed by atoms with E-state index in [-0.39, 0.29) is 12.0 Å². The standard InChI is InChI=1S/C26H30N2O4/c1-5-17-31-19(4)25-16-15-24(18(3)27-25)26(29)28-20-7-9-22(10-8-20)32-23-13-11-21(12-14-23)30-6-2/h7-16,19H,5-6,17H2,1-4H3,(H,28,29). The van der Waals surface area contributed by atoms with Crippen molar-refractivity contribution in [1.29, 1.82) is 0 Å². The molecule has 2 aromatic carbocycles. The van der Waals surface area contributed by atoms with Crippen LogP contribution in [0.5, 0.6) is 17.2 Å². The number of rotatable bonds is 10. The Morgan fingerprint density at radius 2 is 1.56 bits per heavy atom. The number of nitrogens with one attached hydrogen (secondary N) is 1. The molecule has 168 valence electrons. The predicted molar refractivity (Wildman–Crippen MR) is 126 cm³/mol. The molecule has 0 radical (unpaired) electrons. The topological polar surface area (TPSA) is 69.7 Å². The molecule has 1 aromatic heterocycles. The highest BCUT2D eigenvalue weighted by Crippen LogP contribution is 2.25. The van der Waals surface area contributed by atoms with Crippen LogP contribution >= 0.6 is 0 Å². The van der Waals surface area contributed by atoms with Gasteiger partial charge in [0.25, 0.3) is 5.91 Å². The van der Waals surface area contributed by atoms with Gasteiger partial charge in [0.15, 0.2) is 0 Å². The summed E-state index contributed by atoms with van der Waals surface area (Å²) in [5.41, 5.74) is 2.70. The summed E-state index contributed by atoms with van der Waals surface area (Å²) in [6.45, 7) is 9.12. The largest absolute Gasteiger partial charge is 0.494 e. The van der Waals surface area contributed by atoms with Crippen molar-refractivity contribution in [3.63, 3.8) is 0 Å². The van der Waals surface area contributed by atoms with E-state index in [1.807, 2.05) is 63.2 Å². The number of carbonyl (C=O) groups excluding carboxylic acids is 1. The van der Waals surface area contributed by atoms with Crippen LogP contribution in [0, 0.1) is 6.92 Å². The Morgan fingerprint density at radius 1 is 0.938 bits per heavy atom. The third kappa shape index (κ3) is 6.31. The van der Waals surface area contributed by atoms with Crippen molar-refractivity contribution < 1.29 is 19.0 Å². The van der Waals surface area contributed by atoms with E-state index in [1.165, 1.54) is 0 Å². The second kappa shape index (κ2) is 11.3. The van der Waals surface area contributed by atoms with Crippen LogP contribution in [0.2, 0.25) is 0 Å². The Balaban J connectivity index is 1.60. The fourth-order valence-electron chi connectivity index (χ4n) is 3.14. The number of aryl methyl sites for hydroxylation is 1. The van der Waals surface area contributed by atoms with Gasteiger partial charge in [-0.15, -0.1) is 0 Å². The third-order valence-electron chi connectivity index (χ3n) is 4.82. The monoisotopic (exact) mass is 434 g/mol. The molecule has 0 saturated heterocycles. The zero-order valence-corrected chi connectivity index (χ0v) is 19.1. The molecule has 1 atom stereocenters. The van der Waals surface area contributed by atoms with Crippen LogP contribution in [-0.4, -0.2) is 24.1 Å². The molecule has 3 aromatic rings. The summed E-state index contributed by atoms with van der Waals surface area (Å²) in [6.07, 6.45) is 0.849. The van der Waals surface area contributed by atoms with E-state index in [9.17, 15) is 4.79 Å². The van der Waals surface area contributed by atoms with Gasteiger partial charge in [0.1, 0.15) is 17.2 Å². The summed E-state index contributed by atoms with van der Waals surface area (Å²) in [5.74, 6) is 1.99. The molecule has 0 fully saturated rings. The van der Waals surface area contributed by atoms with Gasteiger partial charge < -0.3 is 19.5 Å². The van der Waals surface area contributed by atoms with Crippen LogP contribution in [0.3, 0.4) is 0 Å². The van der Waals surface area contributed by atoms with Gasteiger partial charge in [0.2, 0.25) is 0 Å². The van der Waals surface area contributed by atoms with Crippen molar-refractivity contribution in [1.82, 2.24) is 4.98 Å². The predicted octanol–water partition coefficient (Wildman–Crippen LogP) is 6.32. The summed E-state index contributed by atoms with van der Waals surface area (Å²) >= 11 is 0. The molecule has 0 aliphatic carbocycles. The number of benzene rings is 2. The Bertz CT molecular complexity index is 1020. The Labute approximate surface area is 189 Å². The number of amides is 1. The van der Waals surface area contributed by atoms with Crippen LogP contribution in [0.25, 0.3) is 0 Å².